The van der Waals surface area contributed by atoms with Crippen LogP contribution in [0.1, 0.15) is 13.3 Å². The fourth-order valence-corrected chi connectivity index (χ4v) is 3.55. The second-order valence-corrected chi connectivity index (χ2v) is 7.64. The van der Waals surface area contributed by atoms with Gasteiger partial charge in [-0.2, -0.15) is 4.31 Å². The number of phosphoric ester groups is 2. The van der Waals surface area contributed by atoms with Crippen molar-refractivity contribution in [1.82, 2.24) is 0 Å². The number of ether oxygens (including phenoxy) is 1. The van der Waals surface area contributed by atoms with Gasteiger partial charge in [0.25, 0.3) is 0 Å². The summed E-state index contributed by atoms with van der Waals surface area (Å²) in [5.41, 5.74) is -0.245. The van der Waals surface area contributed by atoms with Crippen LogP contribution in [-0.4, -0.2) is 40.1 Å². The van der Waals surface area contributed by atoms with E-state index >= 15 is 0 Å². The van der Waals surface area contributed by atoms with E-state index in [4.69, 9.17) is 9.26 Å². The monoisotopic (exact) mass is 304 g/mol. The molecular formula is C8H18O8P2. The molecule has 0 aromatic rings. The standard InChI is InChI=1S/C8H18O8P2/c1-8(7-14-8)5-6-15-18(10,13-4)16-17(9,11-2)12-3/h5-7H2,1-4H3. The van der Waals surface area contributed by atoms with Gasteiger partial charge in [-0.05, 0) is 6.92 Å². The van der Waals surface area contributed by atoms with Crippen LogP contribution >= 0.6 is 15.6 Å². The predicted octanol–water partition coefficient (Wildman–Crippen LogP) is 2.35. The summed E-state index contributed by atoms with van der Waals surface area (Å²) < 4.78 is 52.1. The van der Waals surface area contributed by atoms with Crippen LogP contribution in [0, 0.1) is 0 Å². The largest absolute Gasteiger partial charge is 0.483 e. The van der Waals surface area contributed by atoms with Crippen LogP contribution in [-0.2, 0) is 36.3 Å². The Morgan fingerprint density at radius 2 is 1.61 bits per heavy atom. The zero-order valence-electron chi connectivity index (χ0n) is 10.8. The zero-order valence-corrected chi connectivity index (χ0v) is 12.6. The Kier molecular flexibility index (Phi) is 5.53. The molecule has 1 aliphatic rings. The average Bonchev–Trinajstić information content (AvgIpc) is 3.07. The summed E-state index contributed by atoms with van der Waals surface area (Å²) in [6.45, 7) is 2.60. The average molecular weight is 304 g/mol. The van der Waals surface area contributed by atoms with Crippen molar-refractivity contribution >= 4 is 15.6 Å². The van der Waals surface area contributed by atoms with Crippen molar-refractivity contribution in [3.63, 3.8) is 0 Å². The van der Waals surface area contributed by atoms with Crippen LogP contribution in [0.15, 0.2) is 0 Å². The van der Waals surface area contributed by atoms with Gasteiger partial charge in [-0.1, -0.05) is 0 Å². The minimum atomic E-state index is -3.98. The van der Waals surface area contributed by atoms with E-state index in [1.807, 2.05) is 6.92 Å². The second-order valence-electron chi connectivity index (χ2n) is 3.85. The molecule has 0 radical (unpaired) electrons. The number of epoxide rings is 1. The fraction of sp³-hybridized carbons (Fsp3) is 1.00. The molecular weight excluding hydrogens is 286 g/mol. The van der Waals surface area contributed by atoms with E-state index in [9.17, 15) is 9.13 Å². The Labute approximate surface area is 106 Å². The van der Waals surface area contributed by atoms with Crippen LogP contribution in [0.3, 0.4) is 0 Å². The molecule has 10 heteroatoms. The zero-order chi connectivity index (χ0) is 13.9. The van der Waals surface area contributed by atoms with Crippen molar-refractivity contribution in [3.8, 4) is 0 Å². The molecule has 18 heavy (non-hydrogen) atoms. The first-order chi connectivity index (χ1) is 8.30. The first-order valence-corrected chi connectivity index (χ1v) is 8.10. The lowest BCUT2D eigenvalue weighted by atomic mass is 10.1. The minimum absolute atomic E-state index is 0.0784. The minimum Gasteiger partial charge on any atom is -0.370 e. The Hall–Kier alpha value is 0.220. The van der Waals surface area contributed by atoms with Crippen LogP contribution in [0.5, 0.6) is 0 Å². The Balaban J connectivity index is 2.50. The predicted molar refractivity (Wildman–Crippen MR) is 62.3 cm³/mol. The van der Waals surface area contributed by atoms with Gasteiger partial charge < -0.3 is 4.74 Å². The highest BCUT2D eigenvalue weighted by atomic mass is 31.3. The van der Waals surface area contributed by atoms with Crippen molar-refractivity contribution in [2.24, 2.45) is 0 Å². The topological polar surface area (TPSA) is 92.8 Å². The van der Waals surface area contributed by atoms with Gasteiger partial charge in [-0.3, -0.25) is 18.1 Å². The smallest absolute Gasteiger partial charge is 0.370 e. The SMILES string of the molecule is COP(=O)(OC)OP(=O)(OC)OCCC1(C)CO1. The first-order valence-electron chi connectivity index (χ1n) is 5.17. The molecule has 108 valence electrons. The molecule has 1 rings (SSSR count). The third-order valence-corrected chi connectivity index (χ3v) is 5.83. The van der Waals surface area contributed by atoms with Gasteiger partial charge >= 0.3 is 15.6 Å². The van der Waals surface area contributed by atoms with Gasteiger partial charge in [-0.15, -0.1) is 0 Å². The number of hydrogen-bond donors (Lipinski definition) is 0. The molecule has 0 aromatic heterocycles. The molecule has 2 atom stereocenters. The highest BCUT2D eigenvalue weighted by Crippen LogP contribution is 2.65. The molecule has 1 heterocycles. The van der Waals surface area contributed by atoms with Gasteiger partial charge in [-0.25, -0.2) is 9.13 Å². The van der Waals surface area contributed by atoms with Crippen LogP contribution in [0.25, 0.3) is 0 Å². The summed E-state index contributed by atoms with van der Waals surface area (Å²) >= 11 is 0. The highest BCUT2D eigenvalue weighted by Gasteiger charge is 2.42. The highest BCUT2D eigenvalue weighted by molar-refractivity contribution is 7.62. The van der Waals surface area contributed by atoms with E-state index in [0.29, 0.717) is 13.0 Å². The lowest BCUT2D eigenvalue weighted by Gasteiger charge is -2.19. The molecule has 2 unspecified atom stereocenters. The third kappa shape index (κ3) is 4.72. The maximum atomic E-state index is 12.0. The van der Waals surface area contributed by atoms with E-state index in [-0.39, 0.29) is 12.2 Å². The number of hydrogen-bond acceptors (Lipinski definition) is 8. The summed E-state index contributed by atoms with van der Waals surface area (Å²) in [6, 6.07) is 0. The molecule has 0 saturated carbocycles. The Bertz CT molecular complexity index is 358. The summed E-state index contributed by atoms with van der Waals surface area (Å²) in [7, 11) is -4.59. The maximum Gasteiger partial charge on any atom is 0.483 e. The Morgan fingerprint density at radius 3 is 2.00 bits per heavy atom. The number of rotatable bonds is 9. The lowest BCUT2D eigenvalue weighted by Crippen LogP contribution is -2.09. The summed E-state index contributed by atoms with van der Waals surface area (Å²) in [6.07, 6.45) is 0.522. The lowest BCUT2D eigenvalue weighted by molar-refractivity contribution is 0.134. The maximum absolute atomic E-state index is 12.0. The molecule has 0 aliphatic carbocycles. The first kappa shape index (κ1) is 16.3. The summed E-state index contributed by atoms with van der Waals surface area (Å²) in [4.78, 5) is 0. The normalized spacial score (nSPS) is 26.9. The van der Waals surface area contributed by atoms with Gasteiger partial charge in [0.1, 0.15) is 0 Å². The van der Waals surface area contributed by atoms with Crippen molar-refractivity contribution in [3.05, 3.63) is 0 Å². The van der Waals surface area contributed by atoms with Crippen LogP contribution in [0.2, 0.25) is 0 Å². The van der Waals surface area contributed by atoms with Crippen molar-refractivity contribution in [2.45, 2.75) is 18.9 Å². The van der Waals surface area contributed by atoms with Gasteiger partial charge in [0.15, 0.2) is 0 Å². The molecule has 1 fully saturated rings. The van der Waals surface area contributed by atoms with E-state index in [0.717, 1.165) is 21.3 Å². The third-order valence-electron chi connectivity index (χ3n) is 2.39. The van der Waals surface area contributed by atoms with Crippen molar-refractivity contribution in [2.75, 3.05) is 34.5 Å². The van der Waals surface area contributed by atoms with Crippen molar-refractivity contribution in [1.29, 1.82) is 0 Å². The van der Waals surface area contributed by atoms with Crippen molar-refractivity contribution < 1.29 is 36.3 Å². The van der Waals surface area contributed by atoms with Crippen LogP contribution < -0.4 is 0 Å². The fourth-order valence-electron chi connectivity index (χ4n) is 1.01. The van der Waals surface area contributed by atoms with E-state index < -0.39 is 15.6 Å². The summed E-state index contributed by atoms with van der Waals surface area (Å²) in [5, 5.41) is 0. The second kappa shape index (κ2) is 6.11. The van der Waals surface area contributed by atoms with Gasteiger partial charge in [0.2, 0.25) is 0 Å². The molecule has 0 aromatic carbocycles. The molecule has 0 spiro atoms. The van der Waals surface area contributed by atoms with Gasteiger partial charge in [0, 0.05) is 27.8 Å². The molecule has 1 saturated heterocycles. The van der Waals surface area contributed by atoms with E-state index in [2.05, 4.69) is 17.9 Å². The quantitative estimate of drug-likeness (QED) is 0.473. The molecule has 0 amide bonds. The van der Waals surface area contributed by atoms with E-state index in [1.54, 1.807) is 0 Å². The summed E-state index contributed by atoms with van der Waals surface area (Å²) in [5.74, 6) is 0. The Morgan fingerprint density at radius 1 is 1.11 bits per heavy atom. The molecule has 1 aliphatic heterocycles. The van der Waals surface area contributed by atoms with Gasteiger partial charge in [0.05, 0.1) is 18.8 Å². The molecule has 0 N–H and O–H groups in total. The van der Waals surface area contributed by atoms with E-state index in [1.165, 1.54) is 0 Å². The molecule has 0 bridgehead atoms. The van der Waals surface area contributed by atoms with Crippen LogP contribution in [0.4, 0.5) is 0 Å². The molecule has 8 nitrogen and oxygen atoms in total. The number of phosphoric acid groups is 2.